The third-order valence-corrected chi connectivity index (χ3v) is 0.526. The van der Waals surface area contributed by atoms with Crippen molar-refractivity contribution in [3.63, 3.8) is 0 Å². The predicted molar refractivity (Wildman–Crippen MR) is 62.0 cm³/mol. The van der Waals surface area contributed by atoms with Gasteiger partial charge >= 0.3 is 15.6 Å². The van der Waals surface area contributed by atoms with Crippen LogP contribution in [0.2, 0.25) is 0 Å². The summed E-state index contributed by atoms with van der Waals surface area (Å²) in [6.07, 6.45) is 1.72. The first-order chi connectivity index (χ1) is 6.56. The first-order valence-corrected chi connectivity index (χ1v) is 6.68. The Morgan fingerprint density at radius 3 is 1.06 bits per heavy atom. The first-order valence-electron chi connectivity index (χ1n) is 3.55. The van der Waals surface area contributed by atoms with E-state index in [0.717, 1.165) is 0 Å². The van der Waals surface area contributed by atoms with Gasteiger partial charge in [0.2, 0.25) is 0 Å². The van der Waals surface area contributed by atoms with Crippen molar-refractivity contribution in [3.05, 3.63) is 12.7 Å². The molecule has 0 aromatic heterocycles. The Labute approximate surface area is 133 Å². The van der Waals surface area contributed by atoms with Crippen molar-refractivity contribution in [2.45, 2.75) is 19.4 Å². The second-order valence-electron chi connectivity index (χ2n) is 3.05. The second kappa shape index (κ2) is 13.1. The van der Waals surface area contributed by atoms with Crippen LogP contribution in [0.3, 0.4) is 0 Å². The van der Waals surface area contributed by atoms with Crippen molar-refractivity contribution in [3.8, 4) is 0 Å². The fourth-order valence-corrected chi connectivity index (χ4v) is 0. The number of hydrogen-bond donors (Lipinski definition) is 8. The summed E-state index contributed by atoms with van der Waals surface area (Å²) in [5, 5.41) is 0. The third kappa shape index (κ3) is 266. The Morgan fingerprint density at radius 2 is 1.06 bits per heavy atom. The SMILES string of the molecule is C=CC(C)(C)N.N.O=P(O)(O)O.O=P(O)(O)O.[La]. The molecule has 0 bridgehead atoms. The normalized spacial score (nSPS) is 10.3. The molecule has 0 saturated carbocycles. The van der Waals surface area contributed by atoms with Gasteiger partial charge in [-0.25, -0.2) is 9.13 Å². The van der Waals surface area contributed by atoms with E-state index >= 15 is 0 Å². The van der Waals surface area contributed by atoms with Crippen LogP contribution in [0.15, 0.2) is 12.7 Å². The minimum atomic E-state index is -4.64. The molecule has 0 heterocycles. The zero-order valence-corrected chi connectivity index (χ0v) is 15.5. The number of rotatable bonds is 1. The monoisotopic (exact) mass is 437 g/mol. The van der Waals surface area contributed by atoms with Crippen LogP contribution in [-0.4, -0.2) is 34.9 Å². The Kier molecular flexibility index (Phi) is 22.9. The smallest absolute Gasteiger partial charge is 0.344 e. The van der Waals surface area contributed by atoms with Gasteiger partial charge in [-0.2, -0.15) is 0 Å². The van der Waals surface area contributed by atoms with Crippen LogP contribution in [-0.2, 0) is 9.13 Å². The molecule has 0 atom stereocenters. The van der Waals surface area contributed by atoms with Crippen molar-refractivity contribution in [1.82, 2.24) is 6.15 Å². The van der Waals surface area contributed by atoms with E-state index in [9.17, 15) is 0 Å². The minimum Gasteiger partial charge on any atom is -0.344 e. The molecule has 0 amide bonds. The molecule has 0 aromatic rings. The zero-order chi connectivity index (χ0) is 14.2. The Morgan fingerprint density at radius 1 is 1.00 bits per heavy atom. The fraction of sp³-hybridized carbons (Fsp3) is 0.600. The number of phosphoric acid groups is 2. The summed E-state index contributed by atoms with van der Waals surface area (Å²) in [6, 6.07) is 0. The fourth-order valence-electron chi connectivity index (χ4n) is 0. The van der Waals surface area contributed by atoms with Crippen molar-refractivity contribution in [1.29, 1.82) is 0 Å². The zero-order valence-electron chi connectivity index (χ0n) is 10.0. The van der Waals surface area contributed by atoms with Gasteiger partial charge in [0.1, 0.15) is 0 Å². The van der Waals surface area contributed by atoms with E-state index < -0.39 is 15.6 Å². The van der Waals surface area contributed by atoms with Gasteiger partial charge in [0.05, 0.1) is 0 Å². The molecule has 13 heteroatoms. The predicted octanol–water partition coefficient (Wildman–Crippen LogP) is -0.786. The van der Waals surface area contributed by atoms with Gasteiger partial charge in [-0.15, -0.1) is 6.58 Å². The Hall–Kier alpha value is 1.07. The van der Waals surface area contributed by atoms with Crippen LogP contribution in [0.4, 0.5) is 0 Å². The van der Waals surface area contributed by atoms with Gasteiger partial charge in [0, 0.05) is 41.1 Å². The summed E-state index contributed by atoms with van der Waals surface area (Å²) >= 11 is 0. The Balaban J connectivity index is -0.0000000447. The van der Waals surface area contributed by atoms with Crippen LogP contribution >= 0.6 is 15.6 Å². The average Bonchev–Trinajstić information content (AvgIpc) is 1.77. The van der Waals surface area contributed by atoms with Crippen LogP contribution in [0.5, 0.6) is 0 Å². The Bertz CT molecular complexity index is 245. The van der Waals surface area contributed by atoms with E-state index in [0.29, 0.717) is 0 Å². The topological polar surface area (TPSA) is 217 Å². The van der Waals surface area contributed by atoms with Gasteiger partial charge in [0.15, 0.2) is 0 Å². The van der Waals surface area contributed by atoms with E-state index in [-0.39, 0.29) is 47.3 Å². The number of hydrogen-bond acceptors (Lipinski definition) is 4. The van der Waals surface area contributed by atoms with Crippen molar-refractivity contribution in [2.24, 2.45) is 5.73 Å². The van der Waals surface area contributed by atoms with Gasteiger partial charge in [-0.3, -0.25) is 0 Å². The van der Waals surface area contributed by atoms with Crippen LogP contribution in [0.25, 0.3) is 0 Å². The maximum absolute atomic E-state index is 8.88. The summed E-state index contributed by atoms with van der Waals surface area (Å²) < 4.78 is 17.8. The average molecular weight is 437 g/mol. The molecule has 0 rings (SSSR count). The summed E-state index contributed by atoms with van der Waals surface area (Å²) in [7, 11) is -9.28. The first kappa shape index (κ1) is 31.5. The van der Waals surface area contributed by atoms with E-state index in [4.69, 9.17) is 44.2 Å². The molecule has 1 radical (unpaired) electrons. The molecule has 0 aliphatic carbocycles. The molecule has 0 aromatic carbocycles. The molecule has 10 nitrogen and oxygen atoms in total. The molecule has 18 heavy (non-hydrogen) atoms. The van der Waals surface area contributed by atoms with Crippen LogP contribution in [0, 0.1) is 35.6 Å². The van der Waals surface area contributed by atoms with Crippen LogP contribution in [0.1, 0.15) is 13.8 Å². The molecule has 0 aliphatic heterocycles. The summed E-state index contributed by atoms with van der Waals surface area (Å²) in [6.45, 7) is 7.31. The molecular formula is C5H20LaN2O8P2. The summed E-state index contributed by atoms with van der Waals surface area (Å²) in [5.74, 6) is 0. The molecule has 0 aliphatic rings. The summed E-state index contributed by atoms with van der Waals surface area (Å²) in [5.41, 5.74) is 5.22. The molecule has 111 valence electrons. The van der Waals surface area contributed by atoms with Gasteiger partial charge in [0.25, 0.3) is 0 Å². The molecule has 11 N–H and O–H groups in total. The standard InChI is InChI=1S/C5H11N.La.H3N.2H3O4P/c1-4-5(2,3)6;;;2*1-5(2,3)4/h4H,1,6H2,2-3H3;;1H3;2*(H3,1,2,3,4). The van der Waals surface area contributed by atoms with Crippen molar-refractivity contribution in [2.75, 3.05) is 0 Å². The van der Waals surface area contributed by atoms with Gasteiger partial charge < -0.3 is 41.2 Å². The van der Waals surface area contributed by atoms with E-state index in [1.165, 1.54) is 0 Å². The largest absolute Gasteiger partial charge is 0.466 e. The maximum Gasteiger partial charge on any atom is 0.466 e. The molecule has 0 saturated heterocycles. The van der Waals surface area contributed by atoms with E-state index in [1.54, 1.807) is 6.08 Å². The van der Waals surface area contributed by atoms with E-state index in [1.807, 2.05) is 13.8 Å². The van der Waals surface area contributed by atoms with Crippen LogP contribution < -0.4 is 11.9 Å². The van der Waals surface area contributed by atoms with Gasteiger partial charge in [-0.1, -0.05) is 6.08 Å². The van der Waals surface area contributed by atoms with E-state index in [2.05, 4.69) is 6.58 Å². The maximum atomic E-state index is 8.88. The van der Waals surface area contributed by atoms with Crippen molar-refractivity contribution >= 4 is 15.6 Å². The van der Waals surface area contributed by atoms with Crippen molar-refractivity contribution < 1.29 is 74.1 Å². The molecule has 0 fully saturated rings. The third-order valence-electron chi connectivity index (χ3n) is 0.526. The quantitative estimate of drug-likeness (QED) is 0.189. The minimum absolute atomic E-state index is 0. The molecular weight excluding hydrogens is 417 g/mol. The van der Waals surface area contributed by atoms with Gasteiger partial charge in [-0.05, 0) is 13.8 Å². The molecule has 0 spiro atoms. The summed E-state index contributed by atoms with van der Waals surface area (Å²) in [4.78, 5) is 43.1. The molecule has 0 unspecified atom stereocenters. The second-order valence-corrected chi connectivity index (χ2v) is 5.11. The number of nitrogens with two attached hydrogens (primary N) is 1.